The van der Waals surface area contributed by atoms with Crippen molar-refractivity contribution in [2.45, 2.75) is 39.3 Å². The lowest BCUT2D eigenvalue weighted by Gasteiger charge is -2.41. The van der Waals surface area contributed by atoms with Crippen LogP contribution in [0.5, 0.6) is 0 Å². The summed E-state index contributed by atoms with van der Waals surface area (Å²) in [7, 11) is 0. The van der Waals surface area contributed by atoms with Gasteiger partial charge in [-0.15, -0.1) is 0 Å². The molecule has 3 aromatic rings. The number of piperazine rings is 1. The van der Waals surface area contributed by atoms with Gasteiger partial charge in [0.25, 0.3) is 0 Å². The van der Waals surface area contributed by atoms with Crippen LogP contribution in [-0.4, -0.2) is 56.8 Å². The van der Waals surface area contributed by atoms with Gasteiger partial charge in [0.2, 0.25) is 0 Å². The molecule has 1 aliphatic heterocycles. The minimum atomic E-state index is -1.52. The van der Waals surface area contributed by atoms with Gasteiger partial charge in [0.1, 0.15) is 17.7 Å². The van der Waals surface area contributed by atoms with Crippen LogP contribution in [0.4, 0.5) is 23.8 Å². The molecule has 33 heavy (non-hydrogen) atoms. The monoisotopic (exact) mass is 573 g/mol. The smallest absolute Gasteiger partial charge is 0.410 e. The molecule has 0 spiro atoms. The van der Waals surface area contributed by atoms with Crippen molar-refractivity contribution in [2.75, 3.05) is 24.5 Å². The third kappa shape index (κ3) is 4.59. The van der Waals surface area contributed by atoms with Crippen LogP contribution in [-0.2, 0) is 4.74 Å². The molecule has 1 saturated heterocycles. The number of halogens is 4. The number of anilines is 1. The number of ether oxygens (including phenoxy) is 1. The maximum Gasteiger partial charge on any atom is 0.410 e. The molecule has 1 aliphatic rings. The van der Waals surface area contributed by atoms with E-state index < -0.39 is 23.1 Å². The van der Waals surface area contributed by atoms with E-state index in [4.69, 9.17) is 4.74 Å². The molecule has 3 heterocycles. The van der Waals surface area contributed by atoms with E-state index in [0.29, 0.717) is 36.5 Å². The fourth-order valence-electron chi connectivity index (χ4n) is 3.86. The first kappa shape index (κ1) is 23.6. The Bertz CT molecular complexity index is 1200. The van der Waals surface area contributed by atoms with E-state index in [1.165, 1.54) is 10.9 Å². The van der Waals surface area contributed by atoms with Crippen molar-refractivity contribution >= 4 is 45.5 Å². The van der Waals surface area contributed by atoms with Crippen molar-refractivity contribution in [2.24, 2.45) is 0 Å². The lowest BCUT2D eigenvalue weighted by atomic mass is 10.1. The molecule has 1 amide bonds. The van der Waals surface area contributed by atoms with Gasteiger partial charge in [-0.3, -0.25) is 4.57 Å². The molecule has 0 N–H and O–H groups in total. The number of carbonyl (C=O) groups excluding carboxylic acids is 1. The maximum absolute atomic E-state index is 13.8. The van der Waals surface area contributed by atoms with Gasteiger partial charge in [0, 0.05) is 47.6 Å². The second-order valence-electron chi connectivity index (χ2n) is 8.94. The quantitative estimate of drug-likeness (QED) is 0.323. The summed E-state index contributed by atoms with van der Waals surface area (Å²) in [6, 6.07) is 1.79. The Kier molecular flexibility index (Phi) is 6.18. The Hall–Kier alpha value is -2.57. The van der Waals surface area contributed by atoms with Crippen molar-refractivity contribution in [3.05, 3.63) is 45.7 Å². The van der Waals surface area contributed by atoms with Gasteiger partial charge in [0.05, 0.1) is 11.1 Å². The lowest BCUT2D eigenvalue weighted by molar-refractivity contribution is 0.0218. The van der Waals surface area contributed by atoms with E-state index in [1.807, 2.05) is 27.7 Å². The molecule has 0 bridgehead atoms. The number of hydrogen-bond acceptors (Lipinski definition) is 5. The zero-order valence-corrected chi connectivity index (χ0v) is 20.7. The van der Waals surface area contributed by atoms with E-state index >= 15 is 0 Å². The largest absolute Gasteiger partial charge is 0.444 e. The highest BCUT2D eigenvalue weighted by Gasteiger charge is 2.32. The molecular formula is C22H23F3IN5O2. The number of aromatic nitrogens is 3. The van der Waals surface area contributed by atoms with Crippen molar-refractivity contribution in [1.82, 2.24) is 19.4 Å². The summed E-state index contributed by atoms with van der Waals surface area (Å²) >= 11 is 2.11. The van der Waals surface area contributed by atoms with Crippen molar-refractivity contribution in [3.8, 4) is 5.69 Å². The van der Waals surface area contributed by atoms with Crippen LogP contribution in [0.1, 0.15) is 27.7 Å². The molecule has 2 aromatic heterocycles. The number of rotatable bonds is 2. The molecule has 11 heteroatoms. The first-order valence-electron chi connectivity index (χ1n) is 10.4. The number of carbonyl (C=O) groups is 1. The third-order valence-electron chi connectivity index (χ3n) is 5.31. The summed E-state index contributed by atoms with van der Waals surface area (Å²) in [4.78, 5) is 25.0. The predicted octanol–water partition coefficient (Wildman–Crippen LogP) is 4.89. The Morgan fingerprint density at radius 3 is 2.42 bits per heavy atom. The highest BCUT2D eigenvalue weighted by molar-refractivity contribution is 14.1. The Morgan fingerprint density at radius 2 is 1.82 bits per heavy atom. The molecule has 0 unspecified atom stereocenters. The minimum absolute atomic E-state index is 0.0655. The number of nitrogens with zero attached hydrogens (tertiary/aromatic N) is 5. The molecule has 1 aromatic carbocycles. The molecular weight excluding hydrogens is 550 g/mol. The fraction of sp³-hybridized carbons (Fsp3) is 0.409. The summed E-state index contributed by atoms with van der Waals surface area (Å²) in [5.74, 6) is -3.41. The van der Waals surface area contributed by atoms with Crippen molar-refractivity contribution in [3.63, 3.8) is 0 Å². The van der Waals surface area contributed by atoms with Crippen LogP contribution >= 0.6 is 22.6 Å². The Morgan fingerprint density at radius 1 is 1.15 bits per heavy atom. The van der Waals surface area contributed by atoms with Gasteiger partial charge in [-0.25, -0.2) is 27.9 Å². The van der Waals surface area contributed by atoms with Gasteiger partial charge in [-0.05, 0) is 50.3 Å². The first-order chi connectivity index (χ1) is 15.5. The SMILES string of the molecule is C[C@H]1CN(C(=O)OC(C)(C)C)CCN1c1ncnc2c1c(I)cn2-c1cc(F)c(F)c(F)c1. The second-order valence-corrected chi connectivity index (χ2v) is 10.1. The number of benzene rings is 1. The molecule has 176 valence electrons. The highest BCUT2D eigenvalue weighted by Crippen LogP contribution is 2.33. The Balaban J connectivity index is 1.67. The average molecular weight is 573 g/mol. The zero-order chi connectivity index (χ0) is 24.1. The number of hydrogen-bond donors (Lipinski definition) is 0. The maximum atomic E-state index is 13.8. The van der Waals surface area contributed by atoms with Gasteiger partial charge in [-0.1, -0.05) is 0 Å². The zero-order valence-electron chi connectivity index (χ0n) is 18.6. The summed E-state index contributed by atoms with van der Waals surface area (Å²) in [6.07, 6.45) is 2.70. The van der Waals surface area contributed by atoms with Gasteiger partial charge >= 0.3 is 6.09 Å². The van der Waals surface area contributed by atoms with Crippen molar-refractivity contribution in [1.29, 1.82) is 0 Å². The van der Waals surface area contributed by atoms with Crippen LogP contribution in [0.25, 0.3) is 16.7 Å². The molecule has 0 saturated carbocycles. The van der Waals surface area contributed by atoms with Crippen molar-refractivity contribution < 1.29 is 22.7 Å². The lowest BCUT2D eigenvalue weighted by Crippen LogP contribution is -2.54. The van der Waals surface area contributed by atoms with Crippen LogP contribution < -0.4 is 4.90 Å². The van der Waals surface area contributed by atoms with E-state index in [9.17, 15) is 18.0 Å². The van der Waals surface area contributed by atoms with Gasteiger partial charge < -0.3 is 14.5 Å². The summed E-state index contributed by atoms with van der Waals surface area (Å²) in [6.45, 7) is 8.89. The second kappa shape index (κ2) is 8.65. The van der Waals surface area contributed by atoms with Crippen LogP contribution in [0.15, 0.2) is 24.7 Å². The molecule has 0 radical (unpaired) electrons. The topological polar surface area (TPSA) is 63.5 Å². The van der Waals surface area contributed by atoms with E-state index in [2.05, 4.69) is 37.5 Å². The highest BCUT2D eigenvalue weighted by atomic mass is 127. The third-order valence-corrected chi connectivity index (χ3v) is 6.13. The number of amides is 1. The summed E-state index contributed by atoms with van der Waals surface area (Å²) in [5.41, 5.74) is -0.0162. The normalized spacial score (nSPS) is 17.0. The van der Waals surface area contributed by atoms with Crippen LogP contribution in [0.3, 0.4) is 0 Å². The molecule has 0 aliphatic carbocycles. The molecule has 1 fully saturated rings. The number of fused-ring (bicyclic) bond motifs is 1. The predicted molar refractivity (Wildman–Crippen MR) is 126 cm³/mol. The Labute approximate surface area is 202 Å². The minimum Gasteiger partial charge on any atom is -0.444 e. The van der Waals surface area contributed by atoms with Crippen LogP contribution in [0.2, 0.25) is 0 Å². The summed E-state index contributed by atoms with van der Waals surface area (Å²) in [5, 5.41) is 0.709. The average Bonchev–Trinajstić information content (AvgIpc) is 3.07. The van der Waals surface area contributed by atoms with E-state index in [0.717, 1.165) is 15.7 Å². The fourth-order valence-corrected chi connectivity index (χ4v) is 4.62. The standard InChI is InChI=1S/C22H23F3IN5O2/c1-12-9-29(21(32)33-22(2,3)4)5-6-30(12)19-17-16(26)10-31(20(17)28-11-27-19)13-7-14(23)18(25)15(24)8-13/h7-8,10-12H,5-6,9H2,1-4H3/t12-/m0/s1. The van der Waals surface area contributed by atoms with E-state index in [-0.39, 0.29) is 17.8 Å². The van der Waals surface area contributed by atoms with Crippen LogP contribution in [0, 0.1) is 21.0 Å². The summed E-state index contributed by atoms with van der Waals surface area (Å²) < 4.78 is 48.9. The van der Waals surface area contributed by atoms with E-state index in [1.54, 1.807) is 11.1 Å². The van der Waals surface area contributed by atoms with Gasteiger partial charge in [-0.2, -0.15) is 0 Å². The first-order valence-corrected chi connectivity index (χ1v) is 11.4. The molecule has 4 rings (SSSR count). The van der Waals surface area contributed by atoms with Gasteiger partial charge in [0.15, 0.2) is 23.1 Å². The molecule has 7 nitrogen and oxygen atoms in total. The molecule has 1 atom stereocenters.